The molecule has 0 atom stereocenters. The first-order valence-corrected chi connectivity index (χ1v) is 12.6. The Morgan fingerprint density at radius 1 is 1.00 bits per heavy atom. The molecule has 5 nitrogen and oxygen atoms in total. The summed E-state index contributed by atoms with van der Waals surface area (Å²) < 4.78 is 8.26. The minimum atomic E-state index is -0.120. The first kappa shape index (κ1) is 25.1. The maximum absolute atomic E-state index is 12.4. The zero-order valence-corrected chi connectivity index (χ0v) is 21.5. The summed E-state index contributed by atoms with van der Waals surface area (Å²) in [6, 6.07) is 19.1. The van der Waals surface area contributed by atoms with Gasteiger partial charge in [0.1, 0.15) is 11.6 Å². The van der Waals surface area contributed by atoms with Gasteiger partial charge in [-0.15, -0.1) is 0 Å². The summed E-state index contributed by atoms with van der Waals surface area (Å²) in [5, 5.41) is 4.31. The number of carbonyl (C=O) groups is 1. The van der Waals surface area contributed by atoms with Gasteiger partial charge in [0.25, 0.3) is 5.91 Å². The SMILES string of the molecule is Cc1cc(OCCCn2c(CCCNC(=O)c3cccc(Cl)c3)nc3ccccc32)cc(C)c1Cl. The van der Waals surface area contributed by atoms with Crippen LogP contribution in [0.2, 0.25) is 10.0 Å². The number of hydrogen-bond donors (Lipinski definition) is 1. The van der Waals surface area contributed by atoms with E-state index < -0.39 is 0 Å². The number of para-hydroxylation sites is 2. The lowest BCUT2D eigenvalue weighted by molar-refractivity contribution is 0.0953. The van der Waals surface area contributed by atoms with Crippen LogP contribution in [-0.4, -0.2) is 28.6 Å². The van der Waals surface area contributed by atoms with Gasteiger partial charge in [0, 0.05) is 35.1 Å². The summed E-state index contributed by atoms with van der Waals surface area (Å²) in [5.74, 6) is 1.74. The van der Waals surface area contributed by atoms with Gasteiger partial charge in [-0.1, -0.05) is 41.4 Å². The number of rotatable bonds is 10. The number of carbonyl (C=O) groups excluding carboxylic acids is 1. The van der Waals surface area contributed by atoms with Crippen LogP contribution in [0.1, 0.15) is 40.2 Å². The molecule has 0 saturated carbocycles. The largest absolute Gasteiger partial charge is 0.494 e. The van der Waals surface area contributed by atoms with Crippen molar-refractivity contribution in [2.75, 3.05) is 13.2 Å². The second-order valence-corrected chi connectivity index (χ2v) is 9.43. The van der Waals surface area contributed by atoms with E-state index in [1.807, 2.05) is 44.2 Å². The first-order valence-electron chi connectivity index (χ1n) is 11.8. The van der Waals surface area contributed by atoms with Crippen LogP contribution >= 0.6 is 23.2 Å². The summed E-state index contributed by atoms with van der Waals surface area (Å²) in [5.41, 5.74) is 4.70. The van der Waals surface area contributed by atoms with Crippen molar-refractivity contribution >= 4 is 40.1 Å². The third kappa shape index (κ3) is 6.36. The second-order valence-electron chi connectivity index (χ2n) is 8.61. The summed E-state index contributed by atoms with van der Waals surface area (Å²) >= 11 is 12.3. The smallest absolute Gasteiger partial charge is 0.251 e. The molecule has 0 bridgehead atoms. The van der Waals surface area contributed by atoms with Crippen LogP contribution in [0, 0.1) is 13.8 Å². The maximum Gasteiger partial charge on any atom is 0.251 e. The Labute approximate surface area is 216 Å². The predicted octanol–water partition coefficient (Wildman–Crippen LogP) is 6.79. The highest BCUT2D eigenvalue weighted by molar-refractivity contribution is 6.32. The molecule has 1 N–H and O–H groups in total. The molecule has 1 aromatic heterocycles. The molecule has 0 unspecified atom stereocenters. The molecule has 0 spiro atoms. The maximum atomic E-state index is 12.4. The Kier molecular flexibility index (Phi) is 8.32. The van der Waals surface area contributed by atoms with Gasteiger partial charge >= 0.3 is 0 Å². The molecule has 0 fully saturated rings. The standard InChI is InChI=1S/C28H29Cl2N3O2/c1-19-16-23(17-20(2)27(19)30)35-15-7-14-33-25-11-4-3-10-24(25)32-26(33)12-6-13-31-28(34)21-8-5-9-22(29)18-21/h3-5,8-11,16-18H,6-7,12-15H2,1-2H3,(H,31,34). The highest BCUT2D eigenvalue weighted by Gasteiger charge is 2.11. The molecule has 0 aliphatic rings. The summed E-state index contributed by atoms with van der Waals surface area (Å²) in [4.78, 5) is 17.2. The Morgan fingerprint density at radius 3 is 2.54 bits per heavy atom. The van der Waals surface area contributed by atoms with Crippen molar-refractivity contribution in [2.45, 2.75) is 39.7 Å². The molecule has 3 aromatic carbocycles. The Bertz CT molecular complexity index is 1310. The molecule has 35 heavy (non-hydrogen) atoms. The molecule has 0 radical (unpaired) electrons. The van der Waals surface area contributed by atoms with Gasteiger partial charge in [-0.05, 0) is 80.3 Å². The number of ether oxygens (including phenoxy) is 1. The normalized spacial score (nSPS) is 11.1. The van der Waals surface area contributed by atoms with Gasteiger partial charge < -0.3 is 14.6 Å². The van der Waals surface area contributed by atoms with Gasteiger partial charge in [0.2, 0.25) is 0 Å². The van der Waals surface area contributed by atoms with Gasteiger partial charge in [-0.2, -0.15) is 0 Å². The van der Waals surface area contributed by atoms with Crippen LogP contribution in [0.25, 0.3) is 11.0 Å². The van der Waals surface area contributed by atoms with Crippen molar-refractivity contribution in [2.24, 2.45) is 0 Å². The highest BCUT2D eigenvalue weighted by atomic mass is 35.5. The highest BCUT2D eigenvalue weighted by Crippen LogP contribution is 2.26. The molecular formula is C28H29Cl2N3O2. The number of fused-ring (bicyclic) bond motifs is 1. The van der Waals surface area contributed by atoms with Crippen molar-refractivity contribution in [3.63, 3.8) is 0 Å². The average molecular weight is 510 g/mol. The predicted molar refractivity (Wildman–Crippen MR) is 143 cm³/mol. The zero-order chi connectivity index (χ0) is 24.8. The lowest BCUT2D eigenvalue weighted by Crippen LogP contribution is -2.25. The van der Waals surface area contributed by atoms with E-state index in [0.29, 0.717) is 23.7 Å². The molecule has 0 aliphatic carbocycles. The fourth-order valence-electron chi connectivity index (χ4n) is 4.15. The van der Waals surface area contributed by atoms with E-state index in [1.54, 1.807) is 24.3 Å². The lowest BCUT2D eigenvalue weighted by Gasteiger charge is -2.12. The Hall–Kier alpha value is -3.02. The molecule has 4 aromatic rings. The van der Waals surface area contributed by atoms with Crippen LogP contribution in [0.15, 0.2) is 60.7 Å². The number of aryl methyl sites for hydroxylation is 4. The number of halogens is 2. The average Bonchev–Trinajstić information content (AvgIpc) is 3.20. The van der Waals surface area contributed by atoms with E-state index in [0.717, 1.165) is 64.6 Å². The van der Waals surface area contributed by atoms with Crippen molar-refractivity contribution in [1.29, 1.82) is 0 Å². The summed E-state index contributed by atoms with van der Waals surface area (Å²) in [7, 11) is 0. The molecule has 0 saturated heterocycles. The van der Waals surface area contributed by atoms with Crippen molar-refractivity contribution in [3.8, 4) is 5.75 Å². The Morgan fingerprint density at radius 2 is 1.77 bits per heavy atom. The minimum Gasteiger partial charge on any atom is -0.494 e. The number of hydrogen-bond acceptors (Lipinski definition) is 3. The van der Waals surface area contributed by atoms with Gasteiger partial charge in [0.05, 0.1) is 17.6 Å². The number of nitrogens with zero attached hydrogens (tertiary/aromatic N) is 2. The van der Waals surface area contributed by atoms with E-state index in [4.69, 9.17) is 32.9 Å². The second kappa shape index (κ2) is 11.6. The fourth-order valence-corrected chi connectivity index (χ4v) is 4.45. The van der Waals surface area contributed by atoms with Crippen molar-refractivity contribution in [1.82, 2.24) is 14.9 Å². The van der Waals surface area contributed by atoms with Gasteiger partial charge in [-0.3, -0.25) is 4.79 Å². The van der Waals surface area contributed by atoms with E-state index in [1.165, 1.54) is 0 Å². The number of amides is 1. The number of nitrogens with one attached hydrogen (secondary N) is 1. The minimum absolute atomic E-state index is 0.120. The number of aromatic nitrogens is 2. The van der Waals surface area contributed by atoms with Crippen LogP contribution in [0.3, 0.4) is 0 Å². The summed E-state index contributed by atoms with van der Waals surface area (Å²) in [6.07, 6.45) is 2.40. The van der Waals surface area contributed by atoms with Crippen LogP contribution in [0.4, 0.5) is 0 Å². The molecule has 7 heteroatoms. The zero-order valence-electron chi connectivity index (χ0n) is 20.0. The molecule has 4 rings (SSSR count). The van der Waals surface area contributed by atoms with Gasteiger partial charge in [0.15, 0.2) is 0 Å². The number of imidazole rings is 1. The summed E-state index contributed by atoms with van der Waals surface area (Å²) in [6.45, 7) is 5.94. The van der Waals surface area contributed by atoms with E-state index in [9.17, 15) is 4.79 Å². The molecule has 1 amide bonds. The van der Waals surface area contributed by atoms with Crippen LogP contribution < -0.4 is 10.1 Å². The van der Waals surface area contributed by atoms with E-state index in [2.05, 4.69) is 16.0 Å². The van der Waals surface area contributed by atoms with E-state index >= 15 is 0 Å². The molecule has 1 heterocycles. The van der Waals surface area contributed by atoms with Crippen molar-refractivity contribution in [3.05, 3.63) is 93.2 Å². The van der Waals surface area contributed by atoms with Crippen LogP contribution in [0.5, 0.6) is 5.75 Å². The fraction of sp³-hybridized carbons (Fsp3) is 0.286. The van der Waals surface area contributed by atoms with Crippen LogP contribution in [-0.2, 0) is 13.0 Å². The first-order chi connectivity index (χ1) is 16.9. The quantitative estimate of drug-likeness (QED) is 0.239. The third-order valence-corrected chi connectivity index (χ3v) is 6.72. The molecular weight excluding hydrogens is 481 g/mol. The van der Waals surface area contributed by atoms with E-state index in [-0.39, 0.29) is 5.91 Å². The van der Waals surface area contributed by atoms with Crippen molar-refractivity contribution < 1.29 is 9.53 Å². The topological polar surface area (TPSA) is 56.1 Å². The van der Waals surface area contributed by atoms with Gasteiger partial charge in [-0.25, -0.2) is 4.98 Å². The Balaban J connectivity index is 1.34. The lowest BCUT2D eigenvalue weighted by atomic mass is 10.1. The third-order valence-electron chi connectivity index (χ3n) is 5.89. The molecule has 182 valence electrons. The number of benzene rings is 3. The monoisotopic (exact) mass is 509 g/mol. The molecule has 0 aliphatic heterocycles.